The smallest absolute Gasteiger partial charge is 0.254 e. The minimum atomic E-state index is 0. The molecule has 124 valence electrons. The number of nitrogens with two attached hydrogens (primary N) is 1. The Morgan fingerprint density at radius 2 is 1.68 bits per heavy atom. The maximum Gasteiger partial charge on any atom is 0.254 e. The van der Waals surface area contributed by atoms with Crippen molar-refractivity contribution < 1.29 is 4.79 Å². The van der Waals surface area contributed by atoms with Crippen LogP contribution in [0.4, 0.5) is 5.69 Å². The van der Waals surface area contributed by atoms with E-state index in [4.69, 9.17) is 5.73 Å². The van der Waals surface area contributed by atoms with Gasteiger partial charge in [-0.05, 0) is 31.0 Å². The molecule has 2 aliphatic rings. The van der Waals surface area contributed by atoms with Gasteiger partial charge in [0.15, 0.2) is 0 Å². The lowest BCUT2D eigenvalue weighted by Gasteiger charge is -2.38. The first-order valence-electron chi connectivity index (χ1n) is 7.63. The predicted octanol–water partition coefficient (Wildman–Crippen LogP) is 2.81. The normalized spacial score (nSPS) is 19.4. The number of rotatable bonds is 2. The topological polar surface area (TPSA) is 49.6 Å². The van der Waals surface area contributed by atoms with Crippen LogP contribution in [0.5, 0.6) is 0 Å². The van der Waals surface area contributed by atoms with E-state index in [1.54, 1.807) is 6.07 Å². The second-order valence-corrected chi connectivity index (χ2v) is 5.89. The van der Waals surface area contributed by atoms with Crippen LogP contribution in [0.25, 0.3) is 0 Å². The van der Waals surface area contributed by atoms with Crippen LogP contribution >= 0.6 is 24.8 Å². The molecule has 2 N–H and O–H groups in total. The number of carbonyl (C=O) groups is 1. The zero-order valence-electron chi connectivity index (χ0n) is 12.7. The number of hydrogen-bond donors (Lipinski definition) is 1. The van der Waals surface area contributed by atoms with E-state index in [1.807, 2.05) is 23.1 Å². The van der Waals surface area contributed by atoms with Crippen molar-refractivity contribution in [1.29, 1.82) is 0 Å². The van der Waals surface area contributed by atoms with Crippen LogP contribution in [0, 0.1) is 0 Å². The van der Waals surface area contributed by atoms with Crippen molar-refractivity contribution in [3.8, 4) is 0 Å². The lowest BCUT2D eigenvalue weighted by atomic mass is 10.1. The summed E-state index contributed by atoms with van der Waals surface area (Å²) in [6.07, 6.45) is 5.41. The standard InChI is InChI=1S/C16H23N3O.2ClH/c17-14-5-3-4-13(12-14)16(20)19-10-8-18(9-11-19)15-6-1-2-7-15;;/h3-5,12,15H,1-2,6-11,17H2;2*1H. The van der Waals surface area contributed by atoms with Crippen LogP contribution in [0.2, 0.25) is 0 Å². The molecule has 0 unspecified atom stereocenters. The molecule has 2 fully saturated rings. The van der Waals surface area contributed by atoms with E-state index in [-0.39, 0.29) is 30.7 Å². The Kier molecular flexibility index (Phi) is 7.46. The van der Waals surface area contributed by atoms with Gasteiger partial charge in [0.05, 0.1) is 0 Å². The molecule has 3 rings (SSSR count). The van der Waals surface area contributed by atoms with Crippen LogP contribution < -0.4 is 5.73 Å². The highest BCUT2D eigenvalue weighted by Crippen LogP contribution is 2.24. The van der Waals surface area contributed by atoms with Crippen molar-refractivity contribution in [1.82, 2.24) is 9.80 Å². The number of halogens is 2. The third-order valence-electron chi connectivity index (χ3n) is 4.58. The molecular formula is C16H25Cl2N3O. The summed E-state index contributed by atoms with van der Waals surface area (Å²) in [5.74, 6) is 0.114. The van der Waals surface area contributed by atoms with E-state index in [1.165, 1.54) is 25.7 Å². The molecule has 0 aromatic heterocycles. The number of nitrogen functional groups attached to an aromatic ring is 1. The van der Waals surface area contributed by atoms with E-state index in [0.29, 0.717) is 11.3 Å². The highest BCUT2D eigenvalue weighted by Gasteiger charge is 2.28. The number of nitrogens with zero attached hydrogens (tertiary/aromatic N) is 2. The minimum Gasteiger partial charge on any atom is -0.399 e. The molecule has 0 spiro atoms. The number of benzene rings is 1. The number of amides is 1. The summed E-state index contributed by atoms with van der Waals surface area (Å²) >= 11 is 0. The van der Waals surface area contributed by atoms with Gasteiger partial charge in [0.1, 0.15) is 0 Å². The van der Waals surface area contributed by atoms with E-state index >= 15 is 0 Å². The predicted molar refractivity (Wildman–Crippen MR) is 95.1 cm³/mol. The Balaban J connectivity index is 0.00000121. The average Bonchev–Trinajstić information content (AvgIpc) is 3.01. The Labute approximate surface area is 144 Å². The Morgan fingerprint density at radius 1 is 1.05 bits per heavy atom. The molecular weight excluding hydrogens is 321 g/mol. The van der Waals surface area contributed by atoms with Gasteiger partial charge in [-0.3, -0.25) is 9.69 Å². The fraction of sp³-hybridized carbons (Fsp3) is 0.562. The first kappa shape index (κ1) is 19.1. The lowest BCUT2D eigenvalue weighted by molar-refractivity contribution is 0.0573. The zero-order chi connectivity index (χ0) is 13.9. The second-order valence-electron chi connectivity index (χ2n) is 5.89. The molecule has 1 heterocycles. The van der Waals surface area contributed by atoms with Crippen molar-refractivity contribution in [2.45, 2.75) is 31.7 Å². The summed E-state index contributed by atoms with van der Waals surface area (Å²) in [5, 5.41) is 0. The highest BCUT2D eigenvalue weighted by atomic mass is 35.5. The maximum absolute atomic E-state index is 12.4. The molecule has 6 heteroatoms. The van der Waals surface area contributed by atoms with Gasteiger partial charge in [-0.25, -0.2) is 0 Å². The molecule has 1 aromatic rings. The van der Waals surface area contributed by atoms with Gasteiger partial charge in [-0.1, -0.05) is 18.9 Å². The van der Waals surface area contributed by atoms with Crippen molar-refractivity contribution in [2.75, 3.05) is 31.9 Å². The minimum absolute atomic E-state index is 0. The van der Waals surface area contributed by atoms with Crippen LogP contribution in [-0.2, 0) is 0 Å². The molecule has 22 heavy (non-hydrogen) atoms. The Hall–Kier alpha value is -0.970. The lowest BCUT2D eigenvalue weighted by Crippen LogP contribution is -2.51. The molecule has 1 amide bonds. The number of hydrogen-bond acceptors (Lipinski definition) is 3. The van der Waals surface area contributed by atoms with Gasteiger partial charge < -0.3 is 10.6 Å². The van der Waals surface area contributed by atoms with E-state index in [9.17, 15) is 4.79 Å². The number of carbonyl (C=O) groups excluding carboxylic acids is 1. The summed E-state index contributed by atoms with van der Waals surface area (Å²) < 4.78 is 0. The molecule has 1 aliphatic carbocycles. The van der Waals surface area contributed by atoms with Crippen LogP contribution in [0.1, 0.15) is 36.0 Å². The third kappa shape index (κ3) is 4.28. The first-order valence-corrected chi connectivity index (χ1v) is 7.63. The molecule has 1 aliphatic heterocycles. The molecule has 0 atom stereocenters. The van der Waals surface area contributed by atoms with Gasteiger partial charge in [-0.15, -0.1) is 24.8 Å². The Morgan fingerprint density at radius 3 is 2.27 bits per heavy atom. The van der Waals surface area contributed by atoms with E-state index in [0.717, 1.165) is 32.2 Å². The van der Waals surface area contributed by atoms with Gasteiger partial charge in [-0.2, -0.15) is 0 Å². The molecule has 4 nitrogen and oxygen atoms in total. The second kappa shape index (κ2) is 8.61. The third-order valence-corrected chi connectivity index (χ3v) is 4.58. The first-order chi connectivity index (χ1) is 9.74. The summed E-state index contributed by atoms with van der Waals surface area (Å²) in [6, 6.07) is 8.04. The van der Waals surface area contributed by atoms with E-state index < -0.39 is 0 Å². The zero-order valence-corrected chi connectivity index (χ0v) is 14.4. The summed E-state index contributed by atoms with van der Waals surface area (Å²) in [4.78, 5) is 17.0. The van der Waals surface area contributed by atoms with E-state index in [2.05, 4.69) is 4.90 Å². The molecule has 0 radical (unpaired) electrons. The van der Waals surface area contributed by atoms with Gasteiger partial charge >= 0.3 is 0 Å². The SMILES string of the molecule is Cl.Cl.Nc1cccc(C(=O)N2CCN(C3CCCC3)CC2)c1. The molecule has 0 bridgehead atoms. The summed E-state index contributed by atoms with van der Waals surface area (Å²) in [5.41, 5.74) is 7.11. The fourth-order valence-corrected chi connectivity index (χ4v) is 3.41. The van der Waals surface area contributed by atoms with Gasteiger partial charge in [0.2, 0.25) is 0 Å². The average molecular weight is 346 g/mol. The summed E-state index contributed by atoms with van der Waals surface area (Å²) in [6.45, 7) is 3.70. The van der Waals surface area contributed by atoms with Crippen LogP contribution in [-0.4, -0.2) is 47.9 Å². The van der Waals surface area contributed by atoms with Crippen molar-refractivity contribution in [3.05, 3.63) is 29.8 Å². The highest BCUT2D eigenvalue weighted by molar-refractivity contribution is 5.95. The van der Waals surface area contributed by atoms with Crippen LogP contribution in [0.3, 0.4) is 0 Å². The summed E-state index contributed by atoms with van der Waals surface area (Å²) in [7, 11) is 0. The van der Waals surface area contributed by atoms with Crippen LogP contribution in [0.15, 0.2) is 24.3 Å². The van der Waals surface area contributed by atoms with Crippen molar-refractivity contribution in [2.24, 2.45) is 0 Å². The quantitative estimate of drug-likeness (QED) is 0.838. The molecule has 1 saturated carbocycles. The monoisotopic (exact) mass is 345 g/mol. The number of anilines is 1. The molecule has 1 saturated heterocycles. The molecule has 1 aromatic carbocycles. The van der Waals surface area contributed by atoms with Crippen molar-refractivity contribution in [3.63, 3.8) is 0 Å². The maximum atomic E-state index is 12.4. The Bertz CT molecular complexity index is 484. The largest absolute Gasteiger partial charge is 0.399 e. The van der Waals surface area contributed by atoms with Gasteiger partial charge in [0, 0.05) is 43.5 Å². The van der Waals surface area contributed by atoms with Gasteiger partial charge in [0.25, 0.3) is 5.91 Å². The fourth-order valence-electron chi connectivity index (χ4n) is 3.41. The van der Waals surface area contributed by atoms with Crippen molar-refractivity contribution >= 4 is 36.4 Å². The number of piperazine rings is 1.